The number of hydrogen-bond donors (Lipinski definition) is 0. The van der Waals surface area contributed by atoms with E-state index in [4.69, 9.17) is 33.2 Å². The van der Waals surface area contributed by atoms with E-state index in [0.717, 1.165) is 12.0 Å². The van der Waals surface area contributed by atoms with Crippen molar-refractivity contribution in [2.24, 2.45) is 11.8 Å². The summed E-state index contributed by atoms with van der Waals surface area (Å²) in [6.07, 6.45) is 2.41. The van der Waals surface area contributed by atoms with Crippen LogP contribution in [0.5, 0.6) is 0 Å². The predicted molar refractivity (Wildman–Crippen MR) is 61.4 cm³/mol. The summed E-state index contributed by atoms with van der Waals surface area (Å²) < 4.78 is 0. The third-order valence-electron chi connectivity index (χ3n) is 1.82. The second-order valence-corrected chi connectivity index (χ2v) is 13.1. The molecule has 0 aliphatic rings. The summed E-state index contributed by atoms with van der Waals surface area (Å²) in [5, 5.41) is 0. The standard InChI is InChI=1S/C8H17Cl3Si/c1-7(2)4-5-8(3)6-12(9,10)11/h7-8H,4-6H2,1-3H3. The lowest BCUT2D eigenvalue weighted by atomic mass is 10.0. The van der Waals surface area contributed by atoms with Gasteiger partial charge in [-0.2, -0.15) is 0 Å². The Morgan fingerprint density at radius 1 is 1.00 bits per heavy atom. The average molecular weight is 248 g/mol. The Balaban J connectivity index is 3.53. The summed E-state index contributed by atoms with van der Waals surface area (Å²) in [7, 11) is 0. The monoisotopic (exact) mass is 246 g/mol. The first-order chi connectivity index (χ1) is 5.31. The van der Waals surface area contributed by atoms with Crippen LogP contribution in [-0.4, -0.2) is 6.00 Å². The first-order valence-corrected chi connectivity index (χ1v) is 9.62. The molecular formula is C8H17Cl3Si. The van der Waals surface area contributed by atoms with Crippen LogP contribution in [0.2, 0.25) is 6.04 Å². The molecule has 0 aromatic heterocycles. The molecule has 0 heterocycles. The average Bonchev–Trinajstić information content (AvgIpc) is 1.79. The van der Waals surface area contributed by atoms with E-state index in [1.54, 1.807) is 0 Å². The highest BCUT2D eigenvalue weighted by atomic mass is 35.8. The van der Waals surface area contributed by atoms with Gasteiger partial charge in [-0.3, -0.25) is 0 Å². The molecule has 0 spiro atoms. The lowest BCUT2D eigenvalue weighted by Gasteiger charge is -2.15. The molecule has 0 radical (unpaired) electrons. The fourth-order valence-corrected chi connectivity index (χ4v) is 4.48. The minimum absolute atomic E-state index is 0.562. The molecule has 74 valence electrons. The molecular weight excluding hydrogens is 231 g/mol. The predicted octanol–water partition coefficient (Wildman–Crippen LogP) is 4.71. The van der Waals surface area contributed by atoms with Crippen LogP contribution in [-0.2, 0) is 0 Å². The Kier molecular flexibility index (Phi) is 6.26. The molecule has 0 amide bonds. The van der Waals surface area contributed by atoms with Gasteiger partial charge in [0.1, 0.15) is 0 Å². The zero-order valence-corrected chi connectivity index (χ0v) is 11.2. The number of hydrogen-bond acceptors (Lipinski definition) is 0. The second-order valence-electron chi connectivity index (χ2n) is 3.90. The van der Waals surface area contributed by atoms with E-state index in [9.17, 15) is 0 Å². The number of halogens is 3. The van der Waals surface area contributed by atoms with Crippen LogP contribution in [0.3, 0.4) is 0 Å². The summed E-state index contributed by atoms with van der Waals surface area (Å²) in [6, 6.07) is -1.58. The topological polar surface area (TPSA) is 0 Å². The summed E-state index contributed by atoms with van der Waals surface area (Å²) in [5.41, 5.74) is 0. The zero-order valence-electron chi connectivity index (χ0n) is 7.91. The molecule has 0 bridgehead atoms. The molecule has 1 atom stereocenters. The maximum absolute atomic E-state index is 5.81. The van der Waals surface area contributed by atoms with Crippen molar-refractivity contribution in [3.8, 4) is 0 Å². The molecule has 0 aromatic carbocycles. The first kappa shape index (κ1) is 13.1. The molecule has 0 saturated heterocycles. The third kappa shape index (κ3) is 9.18. The highest BCUT2D eigenvalue weighted by Gasteiger charge is 2.27. The summed E-state index contributed by atoms with van der Waals surface area (Å²) >= 11 is 17.4. The molecule has 0 rings (SSSR count). The van der Waals surface area contributed by atoms with Gasteiger partial charge in [0.25, 0.3) is 0 Å². The van der Waals surface area contributed by atoms with Crippen molar-refractivity contribution in [1.29, 1.82) is 0 Å². The molecule has 12 heavy (non-hydrogen) atoms. The Morgan fingerprint density at radius 3 is 1.83 bits per heavy atom. The van der Waals surface area contributed by atoms with Crippen LogP contribution in [0, 0.1) is 11.8 Å². The third-order valence-corrected chi connectivity index (χ3v) is 4.37. The molecule has 0 fully saturated rings. The van der Waals surface area contributed by atoms with Crippen LogP contribution in [0.15, 0.2) is 0 Å². The van der Waals surface area contributed by atoms with Gasteiger partial charge in [0.05, 0.1) is 0 Å². The van der Waals surface area contributed by atoms with E-state index in [-0.39, 0.29) is 0 Å². The highest BCUT2D eigenvalue weighted by Crippen LogP contribution is 2.31. The van der Waals surface area contributed by atoms with Crippen molar-refractivity contribution in [1.82, 2.24) is 0 Å². The van der Waals surface area contributed by atoms with Gasteiger partial charge in [-0.1, -0.05) is 33.6 Å². The zero-order chi connectivity index (χ0) is 9.78. The van der Waals surface area contributed by atoms with Crippen molar-refractivity contribution in [3.63, 3.8) is 0 Å². The van der Waals surface area contributed by atoms with Crippen LogP contribution in [0.4, 0.5) is 0 Å². The lowest BCUT2D eigenvalue weighted by molar-refractivity contribution is 0.475. The summed E-state index contributed by atoms with van der Waals surface area (Å²) in [4.78, 5) is 0. The van der Waals surface area contributed by atoms with Crippen molar-refractivity contribution in [2.75, 3.05) is 0 Å². The molecule has 0 aliphatic carbocycles. The van der Waals surface area contributed by atoms with Gasteiger partial charge in [-0.15, -0.1) is 33.2 Å². The smallest absolute Gasteiger partial charge is 0.126 e. The van der Waals surface area contributed by atoms with Crippen LogP contribution in [0.25, 0.3) is 0 Å². The van der Waals surface area contributed by atoms with Crippen molar-refractivity contribution in [3.05, 3.63) is 0 Å². The van der Waals surface area contributed by atoms with Crippen LogP contribution < -0.4 is 0 Å². The Morgan fingerprint density at radius 2 is 1.50 bits per heavy atom. The maximum atomic E-state index is 5.81. The maximum Gasteiger partial charge on any atom is 0.341 e. The largest absolute Gasteiger partial charge is 0.341 e. The summed E-state index contributed by atoms with van der Waals surface area (Å²) in [5.74, 6) is 1.32. The Bertz CT molecular complexity index is 120. The fourth-order valence-electron chi connectivity index (χ4n) is 1.12. The van der Waals surface area contributed by atoms with Gasteiger partial charge in [-0.05, 0) is 17.9 Å². The van der Waals surface area contributed by atoms with E-state index in [0.29, 0.717) is 5.92 Å². The SMILES string of the molecule is CC(C)CCC(C)C[Si](Cl)(Cl)Cl. The minimum atomic E-state index is -2.38. The quantitative estimate of drug-likeness (QED) is 0.487. The Labute approximate surface area is 90.7 Å². The lowest BCUT2D eigenvalue weighted by Crippen LogP contribution is -2.14. The van der Waals surface area contributed by atoms with E-state index in [1.165, 1.54) is 12.8 Å². The van der Waals surface area contributed by atoms with Gasteiger partial charge >= 0.3 is 6.00 Å². The molecule has 0 aliphatic heterocycles. The van der Waals surface area contributed by atoms with Crippen LogP contribution in [0.1, 0.15) is 33.6 Å². The molecule has 0 saturated carbocycles. The van der Waals surface area contributed by atoms with Crippen LogP contribution >= 0.6 is 33.2 Å². The van der Waals surface area contributed by atoms with Gasteiger partial charge < -0.3 is 0 Å². The minimum Gasteiger partial charge on any atom is -0.126 e. The molecule has 0 aromatic rings. The van der Waals surface area contributed by atoms with E-state index in [1.807, 2.05) is 0 Å². The van der Waals surface area contributed by atoms with E-state index >= 15 is 0 Å². The molecule has 1 unspecified atom stereocenters. The summed E-state index contributed by atoms with van der Waals surface area (Å²) in [6.45, 7) is 6.61. The van der Waals surface area contributed by atoms with Gasteiger partial charge in [0, 0.05) is 0 Å². The molecule has 4 heteroatoms. The molecule has 0 nitrogen and oxygen atoms in total. The molecule has 0 N–H and O–H groups in total. The van der Waals surface area contributed by atoms with Crippen molar-refractivity contribution >= 4 is 39.2 Å². The van der Waals surface area contributed by atoms with Crippen molar-refractivity contribution in [2.45, 2.75) is 39.7 Å². The normalized spacial score (nSPS) is 15.2. The first-order valence-electron chi connectivity index (χ1n) is 4.38. The van der Waals surface area contributed by atoms with Gasteiger partial charge in [0.15, 0.2) is 0 Å². The van der Waals surface area contributed by atoms with Crippen molar-refractivity contribution < 1.29 is 0 Å². The fraction of sp³-hybridized carbons (Fsp3) is 1.00. The number of rotatable bonds is 5. The highest BCUT2D eigenvalue weighted by molar-refractivity contribution is 7.64. The van der Waals surface area contributed by atoms with E-state index in [2.05, 4.69) is 20.8 Å². The van der Waals surface area contributed by atoms with E-state index < -0.39 is 6.00 Å². The second kappa shape index (κ2) is 5.74. The Hall–Kier alpha value is 1.09. The van der Waals surface area contributed by atoms with Gasteiger partial charge in [-0.25, -0.2) is 0 Å². The van der Waals surface area contributed by atoms with Gasteiger partial charge in [0.2, 0.25) is 0 Å².